The fraction of sp³-hybridized carbons (Fsp3) is 0.632. The second-order valence-corrected chi connectivity index (χ2v) is 8.97. The van der Waals surface area contributed by atoms with Crippen LogP contribution in [-0.4, -0.2) is 31.9 Å². The summed E-state index contributed by atoms with van der Waals surface area (Å²) in [5, 5.41) is 2.93. The number of benzene rings is 1. The Balaban J connectivity index is 1.72. The number of hydrogen-bond acceptors (Lipinski definition) is 3. The van der Waals surface area contributed by atoms with E-state index in [1.54, 1.807) is 0 Å². The summed E-state index contributed by atoms with van der Waals surface area (Å²) in [6, 6.07) is 9.98. The monoisotopic (exact) mass is 351 g/mol. The lowest BCUT2D eigenvalue weighted by atomic mass is 9.97. The van der Waals surface area contributed by atoms with Crippen molar-refractivity contribution in [3.05, 3.63) is 35.9 Å². The van der Waals surface area contributed by atoms with Crippen molar-refractivity contribution < 1.29 is 13.2 Å². The molecule has 134 valence electrons. The molecule has 1 saturated carbocycles. The second-order valence-electron chi connectivity index (χ2n) is 6.79. The van der Waals surface area contributed by atoms with Crippen molar-refractivity contribution in [1.29, 1.82) is 0 Å². The molecule has 1 amide bonds. The van der Waals surface area contributed by atoms with Crippen LogP contribution in [0.1, 0.15) is 56.9 Å². The SMILES string of the molecule is O=C(CS(=O)(=O)CCCc1ccccc1)NC1CCCCCCC1. The van der Waals surface area contributed by atoms with Gasteiger partial charge in [0.1, 0.15) is 5.75 Å². The van der Waals surface area contributed by atoms with E-state index in [0.29, 0.717) is 6.42 Å². The Morgan fingerprint density at radius 1 is 1.00 bits per heavy atom. The molecule has 0 atom stereocenters. The molecule has 0 unspecified atom stereocenters. The molecule has 5 heteroatoms. The first kappa shape index (κ1) is 19.0. The summed E-state index contributed by atoms with van der Waals surface area (Å²) in [5.41, 5.74) is 1.13. The van der Waals surface area contributed by atoms with Gasteiger partial charge in [0.25, 0.3) is 0 Å². The zero-order valence-corrected chi connectivity index (χ0v) is 15.2. The lowest BCUT2D eigenvalue weighted by Crippen LogP contribution is -2.39. The molecular formula is C19H29NO3S. The van der Waals surface area contributed by atoms with Gasteiger partial charge in [0.05, 0.1) is 5.75 Å². The van der Waals surface area contributed by atoms with E-state index in [-0.39, 0.29) is 23.5 Å². The van der Waals surface area contributed by atoms with Gasteiger partial charge in [0, 0.05) is 6.04 Å². The molecule has 0 heterocycles. The van der Waals surface area contributed by atoms with E-state index in [1.807, 2.05) is 30.3 Å². The number of hydrogen-bond donors (Lipinski definition) is 1. The third kappa shape index (κ3) is 7.47. The minimum atomic E-state index is -3.33. The minimum absolute atomic E-state index is 0.0694. The predicted molar refractivity (Wildman–Crippen MR) is 97.7 cm³/mol. The highest BCUT2D eigenvalue weighted by Crippen LogP contribution is 2.17. The van der Waals surface area contributed by atoms with Gasteiger partial charge in [-0.25, -0.2) is 8.42 Å². The number of carbonyl (C=O) groups is 1. The molecule has 1 aliphatic rings. The van der Waals surface area contributed by atoms with E-state index >= 15 is 0 Å². The summed E-state index contributed by atoms with van der Waals surface area (Å²) in [6.07, 6.45) is 9.17. The third-order valence-electron chi connectivity index (χ3n) is 4.58. The maximum absolute atomic E-state index is 12.1. The summed E-state index contributed by atoms with van der Waals surface area (Å²) in [4.78, 5) is 12.1. The second kappa shape index (κ2) is 9.82. The van der Waals surface area contributed by atoms with Gasteiger partial charge in [-0.3, -0.25) is 4.79 Å². The van der Waals surface area contributed by atoms with E-state index in [1.165, 1.54) is 19.3 Å². The summed E-state index contributed by atoms with van der Waals surface area (Å²) < 4.78 is 24.3. The van der Waals surface area contributed by atoms with Gasteiger partial charge in [0.15, 0.2) is 9.84 Å². The molecule has 1 aromatic carbocycles. The Bertz CT molecular complexity index is 590. The Labute approximate surface area is 146 Å². The first-order chi connectivity index (χ1) is 11.6. The first-order valence-corrected chi connectivity index (χ1v) is 10.9. The van der Waals surface area contributed by atoms with Gasteiger partial charge in [-0.15, -0.1) is 0 Å². The number of amides is 1. The molecular weight excluding hydrogens is 322 g/mol. The summed E-state index contributed by atoms with van der Waals surface area (Å²) in [6.45, 7) is 0. The van der Waals surface area contributed by atoms with Gasteiger partial charge in [-0.05, 0) is 31.2 Å². The molecule has 4 nitrogen and oxygen atoms in total. The molecule has 0 aliphatic heterocycles. The number of sulfone groups is 1. The zero-order valence-electron chi connectivity index (χ0n) is 14.4. The molecule has 1 aromatic rings. The van der Waals surface area contributed by atoms with Gasteiger partial charge in [0.2, 0.25) is 5.91 Å². The number of rotatable bonds is 7. The van der Waals surface area contributed by atoms with Crippen LogP contribution in [0.15, 0.2) is 30.3 Å². The minimum Gasteiger partial charge on any atom is -0.352 e. The summed E-state index contributed by atoms with van der Waals surface area (Å²) in [5.74, 6) is -0.640. The lowest BCUT2D eigenvalue weighted by molar-refractivity contribution is -0.119. The number of carbonyl (C=O) groups excluding carboxylic acids is 1. The number of nitrogens with one attached hydrogen (secondary N) is 1. The lowest BCUT2D eigenvalue weighted by Gasteiger charge is -2.21. The van der Waals surface area contributed by atoms with Crippen LogP contribution in [0, 0.1) is 0 Å². The van der Waals surface area contributed by atoms with E-state index in [4.69, 9.17) is 0 Å². The van der Waals surface area contributed by atoms with Crippen LogP contribution in [0.4, 0.5) is 0 Å². The smallest absolute Gasteiger partial charge is 0.235 e. The fourth-order valence-electron chi connectivity index (χ4n) is 3.28. The standard InChI is InChI=1S/C19H29NO3S/c21-19(20-18-13-7-2-1-3-8-14-18)16-24(22,23)15-9-12-17-10-5-4-6-11-17/h4-6,10-11,18H,1-3,7-9,12-16H2,(H,20,21). The molecule has 0 radical (unpaired) electrons. The van der Waals surface area contributed by atoms with Crippen molar-refractivity contribution >= 4 is 15.7 Å². The van der Waals surface area contributed by atoms with Crippen LogP contribution in [0.3, 0.4) is 0 Å². The van der Waals surface area contributed by atoms with Crippen molar-refractivity contribution in [2.75, 3.05) is 11.5 Å². The molecule has 0 spiro atoms. The van der Waals surface area contributed by atoms with Gasteiger partial charge in [-0.2, -0.15) is 0 Å². The van der Waals surface area contributed by atoms with Crippen LogP contribution >= 0.6 is 0 Å². The molecule has 0 saturated heterocycles. The maximum Gasteiger partial charge on any atom is 0.235 e. The molecule has 1 fully saturated rings. The highest BCUT2D eigenvalue weighted by Gasteiger charge is 2.19. The highest BCUT2D eigenvalue weighted by atomic mass is 32.2. The van der Waals surface area contributed by atoms with E-state index in [0.717, 1.165) is 37.7 Å². The molecule has 1 aliphatic carbocycles. The molecule has 24 heavy (non-hydrogen) atoms. The molecule has 1 N–H and O–H groups in total. The maximum atomic E-state index is 12.1. The van der Waals surface area contributed by atoms with E-state index in [9.17, 15) is 13.2 Å². The Morgan fingerprint density at radius 2 is 1.62 bits per heavy atom. The van der Waals surface area contributed by atoms with Crippen molar-refractivity contribution in [3.63, 3.8) is 0 Å². The third-order valence-corrected chi connectivity index (χ3v) is 6.20. The van der Waals surface area contributed by atoms with Gasteiger partial charge in [-0.1, -0.05) is 62.4 Å². The average molecular weight is 352 g/mol. The van der Waals surface area contributed by atoms with Gasteiger partial charge < -0.3 is 5.32 Å². The summed E-state index contributed by atoms with van der Waals surface area (Å²) >= 11 is 0. The largest absolute Gasteiger partial charge is 0.352 e. The quantitative estimate of drug-likeness (QED) is 0.820. The van der Waals surface area contributed by atoms with Crippen LogP contribution in [-0.2, 0) is 21.1 Å². The molecule has 2 rings (SSSR count). The topological polar surface area (TPSA) is 63.2 Å². The van der Waals surface area contributed by atoms with E-state index in [2.05, 4.69) is 5.32 Å². The van der Waals surface area contributed by atoms with Crippen molar-refractivity contribution in [2.45, 2.75) is 63.8 Å². The summed E-state index contributed by atoms with van der Waals surface area (Å²) in [7, 11) is -3.33. The normalized spacial score (nSPS) is 17.0. The first-order valence-electron chi connectivity index (χ1n) is 9.09. The van der Waals surface area contributed by atoms with Crippen molar-refractivity contribution in [1.82, 2.24) is 5.32 Å². The number of aryl methyl sites for hydroxylation is 1. The zero-order chi connectivity index (χ0) is 17.3. The van der Waals surface area contributed by atoms with Crippen molar-refractivity contribution in [2.24, 2.45) is 0 Å². The molecule has 0 aromatic heterocycles. The van der Waals surface area contributed by atoms with Crippen LogP contribution < -0.4 is 5.32 Å². The Hall–Kier alpha value is -1.36. The van der Waals surface area contributed by atoms with Crippen molar-refractivity contribution in [3.8, 4) is 0 Å². The molecule has 0 bridgehead atoms. The highest BCUT2D eigenvalue weighted by molar-refractivity contribution is 7.92. The predicted octanol–water partition coefficient (Wildman–Crippen LogP) is 3.26. The Kier molecular flexibility index (Phi) is 7.76. The van der Waals surface area contributed by atoms with Crippen LogP contribution in [0.25, 0.3) is 0 Å². The van der Waals surface area contributed by atoms with Crippen LogP contribution in [0.2, 0.25) is 0 Å². The average Bonchev–Trinajstić information content (AvgIpc) is 2.50. The van der Waals surface area contributed by atoms with Crippen LogP contribution in [0.5, 0.6) is 0 Å². The Morgan fingerprint density at radius 3 is 2.29 bits per heavy atom. The fourth-order valence-corrected chi connectivity index (χ4v) is 4.49. The van der Waals surface area contributed by atoms with Gasteiger partial charge >= 0.3 is 0 Å². The van der Waals surface area contributed by atoms with E-state index < -0.39 is 9.84 Å².